The summed E-state index contributed by atoms with van der Waals surface area (Å²) >= 11 is 0. The van der Waals surface area contributed by atoms with E-state index in [1.807, 2.05) is 0 Å². The van der Waals surface area contributed by atoms with Gasteiger partial charge in [0.2, 0.25) is 0 Å². The van der Waals surface area contributed by atoms with Gasteiger partial charge in [-0.25, -0.2) is 0 Å². The van der Waals surface area contributed by atoms with Crippen LogP contribution in [-0.4, -0.2) is 7.05 Å². The van der Waals surface area contributed by atoms with Crippen molar-refractivity contribution in [2.45, 2.75) is 31.2 Å². The molecule has 0 N–H and O–H groups in total. The molecule has 1 nitrogen and oxygen atoms in total. The number of hydrogen-bond acceptors (Lipinski definition) is 0. The third-order valence-electron chi connectivity index (χ3n) is 3.30. The van der Waals surface area contributed by atoms with Crippen molar-refractivity contribution in [3.63, 3.8) is 0 Å². The molecule has 120 valence electrons. The van der Waals surface area contributed by atoms with E-state index >= 15 is 0 Å². The first-order chi connectivity index (χ1) is 9.13. The lowest BCUT2D eigenvalue weighted by molar-refractivity contribution is -0.143. The SMILES string of the molecule is C[N-]C(c1cc(C(F)(F)F)cc(C(F)(F)F)c1)C1CC1.Cl. The molecule has 1 atom stereocenters. The maximum atomic E-state index is 12.7. The molecular formula is C13H13ClF6N-. The lowest BCUT2D eigenvalue weighted by Crippen LogP contribution is -2.13. The second-order valence-corrected chi connectivity index (χ2v) is 4.88. The maximum Gasteiger partial charge on any atom is 0.416 e. The number of nitrogens with zero attached hydrogens (tertiary/aromatic N) is 1. The summed E-state index contributed by atoms with van der Waals surface area (Å²) in [7, 11) is 1.41. The van der Waals surface area contributed by atoms with E-state index in [2.05, 4.69) is 5.32 Å². The van der Waals surface area contributed by atoms with Gasteiger partial charge in [-0.15, -0.1) is 18.4 Å². The molecule has 1 saturated carbocycles. The molecular weight excluding hydrogens is 320 g/mol. The van der Waals surface area contributed by atoms with Gasteiger partial charge in [0.25, 0.3) is 0 Å². The first-order valence-electron chi connectivity index (χ1n) is 6.01. The summed E-state index contributed by atoms with van der Waals surface area (Å²) in [5.74, 6) is 0.0459. The highest BCUT2D eigenvalue weighted by molar-refractivity contribution is 5.85. The van der Waals surface area contributed by atoms with Gasteiger partial charge in [0.15, 0.2) is 0 Å². The van der Waals surface area contributed by atoms with Crippen LogP contribution in [0.2, 0.25) is 0 Å². The van der Waals surface area contributed by atoms with E-state index in [1.54, 1.807) is 0 Å². The van der Waals surface area contributed by atoms with Gasteiger partial charge >= 0.3 is 12.4 Å². The molecule has 0 radical (unpaired) electrons. The summed E-state index contributed by atoms with van der Waals surface area (Å²) in [5, 5.41) is 3.93. The van der Waals surface area contributed by atoms with Gasteiger partial charge in [0.1, 0.15) is 0 Å². The zero-order chi connectivity index (χ0) is 15.1. The molecule has 1 aromatic carbocycles. The van der Waals surface area contributed by atoms with Crippen LogP contribution in [0.1, 0.15) is 35.6 Å². The summed E-state index contributed by atoms with van der Waals surface area (Å²) in [6.07, 6.45) is -8.06. The quantitative estimate of drug-likeness (QED) is 0.640. The molecule has 1 aliphatic carbocycles. The van der Waals surface area contributed by atoms with Gasteiger partial charge in [-0.05, 0) is 18.2 Å². The molecule has 0 saturated heterocycles. The molecule has 1 aromatic rings. The molecule has 0 aliphatic heterocycles. The average Bonchev–Trinajstić information content (AvgIpc) is 3.12. The van der Waals surface area contributed by atoms with Crippen molar-refractivity contribution in [1.29, 1.82) is 0 Å². The molecule has 0 aromatic heterocycles. The number of alkyl halides is 6. The number of benzene rings is 1. The van der Waals surface area contributed by atoms with Crippen molar-refractivity contribution in [1.82, 2.24) is 0 Å². The minimum atomic E-state index is -4.81. The predicted molar refractivity (Wildman–Crippen MR) is 68.4 cm³/mol. The van der Waals surface area contributed by atoms with E-state index in [4.69, 9.17) is 0 Å². The van der Waals surface area contributed by atoms with Gasteiger partial charge in [-0.3, -0.25) is 0 Å². The fourth-order valence-electron chi connectivity index (χ4n) is 2.19. The summed E-state index contributed by atoms with van der Waals surface area (Å²) in [6.45, 7) is 0. The molecule has 0 spiro atoms. The Morgan fingerprint density at radius 3 is 1.67 bits per heavy atom. The molecule has 21 heavy (non-hydrogen) atoms. The Kier molecular flexibility index (Phi) is 5.21. The van der Waals surface area contributed by atoms with E-state index in [0.29, 0.717) is 0 Å². The van der Waals surface area contributed by atoms with Crippen molar-refractivity contribution < 1.29 is 26.3 Å². The highest BCUT2D eigenvalue weighted by Crippen LogP contribution is 2.47. The number of hydrogen-bond donors (Lipinski definition) is 0. The third-order valence-corrected chi connectivity index (χ3v) is 3.30. The molecule has 0 heterocycles. The first kappa shape index (κ1) is 18.1. The molecule has 2 rings (SSSR count). The Morgan fingerprint density at radius 1 is 0.952 bits per heavy atom. The Labute approximate surface area is 124 Å². The zero-order valence-corrected chi connectivity index (χ0v) is 11.7. The Hall–Kier alpha value is -0.950. The lowest BCUT2D eigenvalue weighted by Gasteiger charge is -2.30. The lowest BCUT2D eigenvalue weighted by atomic mass is 9.97. The predicted octanol–water partition coefficient (Wildman–Crippen LogP) is 5.60. The van der Waals surface area contributed by atoms with Crippen LogP contribution in [0.15, 0.2) is 18.2 Å². The summed E-state index contributed by atoms with van der Waals surface area (Å²) < 4.78 is 76.3. The van der Waals surface area contributed by atoms with Crippen molar-refractivity contribution in [2.75, 3.05) is 7.05 Å². The molecule has 1 fully saturated rings. The molecule has 1 unspecified atom stereocenters. The van der Waals surface area contributed by atoms with E-state index in [-0.39, 0.29) is 30.0 Å². The Morgan fingerprint density at radius 2 is 1.38 bits per heavy atom. The molecule has 0 bridgehead atoms. The average molecular weight is 333 g/mol. The van der Waals surface area contributed by atoms with Crippen LogP contribution >= 0.6 is 12.4 Å². The van der Waals surface area contributed by atoms with Gasteiger partial charge in [-0.2, -0.15) is 33.4 Å². The number of rotatable bonds is 3. The van der Waals surface area contributed by atoms with Crippen molar-refractivity contribution in [3.8, 4) is 0 Å². The van der Waals surface area contributed by atoms with Crippen LogP contribution in [0, 0.1) is 5.92 Å². The van der Waals surface area contributed by atoms with Gasteiger partial charge < -0.3 is 5.32 Å². The van der Waals surface area contributed by atoms with Gasteiger partial charge in [-0.1, -0.05) is 24.3 Å². The van der Waals surface area contributed by atoms with Crippen LogP contribution in [0.4, 0.5) is 26.3 Å². The van der Waals surface area contributed by atoms with E-state index in [0.717, 1.165) is 25.0 Å². The smallest absolute Gasteiger partial charge is 0.416 e. The van der Waals surface area contributed by atoms with Crippen molar-refractivity contribution in [3.05, 3.63) is 40.2 Å². The monoisotopic (exact) mass is 332 g/mol. The van der Waals surface area contributed by atoms with Crippen LogP contribution in [0.3, 0.4) is 0 Å². The summed E-state index contributed by atoms with van der Waals surface area (Å²) in [4.78, 5) is 0. The van der Waals surface area contributed by atoms with Crippen LogP contribution in [-0.2, 0) is 12.4 Å². The van der Waals surface area contributed by atoms with Crippen LogP contribution < -0.4 is 0 Å². The second-order valence-electron chi connectivity index (χ2n) is 4.88. The zero-order valence-electron chi connectivity index (χ0n) is 10.9. The third kappa shape index (κ3) is 4.26. The fourth-order valence-corrected chi connectivity index (χ4v) is 2.19. The van der Waals surface area contributed by atoms with Crippen molar-refractivity contribution >= 4 is 12.4 Å². The summed E-state index contributed by atoms with van der Waals surface area (Å²) in [5.41, 5.74) is -2.58. The van der Waals surface area contributed by atoms with Crippen LogP contribution in [0.5, 0.6) is 0 Å². The Bertz CT molecular complexity index is 460. The van der Waals surface area contributed by atoms with E-state index < -0.39 is 29.5 Å². The highest BCUT2D eigenvalue weighted by Gasteiger charge is 2.38. The minimum Gasteiger partial charge on any atom is -0.658 e. The van der Waals surface area contributed by atoms with Gasteiger partial charge in [0.05, 0.1) is 11.1 Å². The summed E-state index contributed by atoms with van der Waals surface area (Å²) in [6, 6.07) is 1.08. The largest absolute Gasteiger partial charge is 0.658 e. The number of halogens is 7. The minimum absolute atomic E-state index is 0. The van der Waals surface area contributed by atoms with Gasteiger partial charge in [0, 0.05) is 0 Å². The second kappa shape index (κ2) is 6.04. The molecule has 0 amide bonds. The molecule has 1 aliphatic rings. The Balaban J connectivity index is 0.00000220. The first-order valence-corrected chi connectivity index (χ1v) is 6.01. The van der Waals surface area contributed by atoms with E-state index in [9.17, 15) is 26.3 Å². The fraction of sp³-hybridized carbons (Fsp3) is 0.538. The highest BCUT2D eigenvalue weighted by atomic mass is 35.5. The topological polar surface area (TPSA) is 14.1 Å². The van der Waals surface area contributed by atoms with E-state index in [1.165, 1.54) is 7.05 Å². The maximum absolute atomic E-state index is 12.7. The normalized spacial score (nSPS) is 17.3. The standard InChI is InChI=1S/C13H12F6N.ClH/c1-20-11(7-2-3-7)8-4-9(12(14,15)16)6-10(5-8)13(17,18)19;/h4-7,11H,2-3H2,1H3;1H/q-1;. The molecule has 8 heteroatoms. The van der Waals surface area contributed by atoms with Crippen LogP contribution in [0.25, 0.3) is 5.32 Å². The van der Waals surface area contributed by atoms with Crippen molar-refractivity contribution in [2.24, 2.45) is 5.92 Å².